The van der Waals surface area contributed by atoms with E-state index >= 15 is 0 Å². The first kappa shape index (κ1) is 27.3. The second-order valence-corrected chi connectivity index (χ2v) is 14.0. The second kappa shape index (κ2) is 11.0. The van der Waals surface area contributed by atoms with Crippen LogP contribution < -0.4 is 0 Å². The molecule has 12 heteroatoms. The molecule has 8 nitrogen and oxygen atoms in total. The Hall–Kier alpha value is -1.69. The lowest BCUT2D eigenvalue weighted by Crippen LogP contribution is -2.53. The maximum absolute atomic E-state index is 13.1. The highest BCUT2D eigenvalue weighted by Crippen LogP contribution is 2.27. The van der Waals surface area contributed by atoms with Gasteiger partial charge >= 0.3 is 0 Å². The van der Waals surface area contributed by atoms with Gasteiger partial charge in [-0.1, -0.05) is 47.0 Å². The number of piperazine rings is 1. The summed E-state index contributed by atoms with van der Waals surface area (Å²) in [4.78, 5) is 15.1. The number of hydrogen-bond donors (Lipinski definition) is 0. The Kier molecular flexibility index (Phi) is 8.33. The van der Waals surface area contributed by atoms with E-state index in [1.54, 1.807) is 41.3 Å². The molecule has 2 aromatic carbocycles. The van der Waals surface area contributed by atoms with Gasteiger partial charge in [-0.3, -0.25) is 4.79 Å². The summed E-state index contributed by atoms with van der Waals surface area (Å²) < 4.78 is 54.5. The zero-order chi connectivity index (χ0) is 26.1. The number of nitrogens with zero attached hydrogens (tertiary/aromatic N) is 3. The zero-order valence-electron chi connectivity index (χ0n) is 19.9. The lowest BCUT2D eigenvalue weighted by molar-refractivity contribution is -0.137. The summed E-state index contributed by atoms with van der Waals surface area (Å²) in [6.45, 7) is 3.51. The summed E-state index contributed by atoms with van der Waals surface area (Å²) >= 11 is 12.0. The molecule has 2 aliphatic rings. The smallest absolute Gasteiger partial charge is 0.243 e. The summed E-state index contributed by atoms with van der Waals surface area (Å²) in [5, 5.41) is 0.744. The summed E-state index contributed by atoms with van der Waals surface area (Å²) in [5.74, 6) is -0.546. The van der Waals surface area contributed by atoms with Gasteiger partial charge in [0.05, 0.1) is 10.6 Å². The SMILES string of the molecule is Cc1ccc(S(=O)(=O)N2CCN(C(=O)C3CCN(S(=O)(=O)Cc4ccc(Cl)cc4Cl)CC3)CC2)cc1. The number of carbonyl (C=O) groups excluding carboxylic acids is 1. The quantitative estimate of drug-likeness (QED) is 0.528. The second-order valence-electron chi connectivity index (χ2n) is 9.21. The number of halogens is 2. The molecule has 2 fully saturated rings. The van der Waals surface area contributed by atoms with Crippen LogP contribution in [0.3, 0.4) is 0 Å². The fourth-order valence-corrected chi connectivity index (χ4v) is 8.15. The van der Waals surface area contributed by atoms with Crippen LogP contribution in [-0.2, 0) is 30.6 Å². The standard InChI is InChI=1S/C24H29Cl2N3O5S2/c1-18-2-6-22(7-3-18)36(33,34)29-14-12-27(13-15-29)24(30)19-8-10-28(11-9-19)35(31,32)17-20-4-5-21(25)16-23(20)26/h2-7,16,19H,8-15,17H2,1H3. The first-order chi connectivity index (χ1) is 17.0. The lowest BCUT2D eigenvalue weighted by atomic mass is 9.96. The van der Waals surface area contributed by atoms with Gasteiger partial charge in [-0.15, -0.1) is 0 Å². The molecule has 0 unspecified atom stereocenters. The minimum atomic E-state index is -3.60. The molecule has 0 aliphatic carbocycles. The van der Waals surface area contributed by atoms with Crippen molar-refractivity contribution in [1.29, 1.82) is 0 Å². The number of benzene rings is 2. The fraction of sp³-hybridized carbons (Fsp3) is 0.458. The topological polar surface area (TPSA) is 95.1 Å². The molecule has 4 rings (SSSR count). The first-order valence-corrected chi connectivity index (χ1v) is 15.6. The van der Waals surface area contributed by atoms with Gasteiger partial charge in [-0.05, 0) is 49.6 Å². The van der Waals surface area contributed by atoms with Crippen molar-refractivity contribution in [3.63, 3.8) is 0 Å². The normalized spacial score (nSPS) is 18.9. The van der Waals surface area contributed by atoms with Gasteiger partial charge in [0, 0.05) is 55.2 Å². The summed E-state index contributed by atoms with van der Waals surface area (Å²) in [7, 11) is -7.19. The summed E-state index contributed by atoms with van der Waals surface area (Å²) in [5.41, 5.74) is 1.47. The van der Waals surface area contributed by atoms with Crippen molar-refractivity contribution in [3.05, 3.63) is 63.6 Å². The highest BCUT2D eigenvalue weighted by Gasteiger charge is 2.36. The van der Waals surface area contributed by atoms with E-state index < -0.39 is 20.0 Å². The van der Waals surface area contributed by atoms with Crippen LogP contribution in [0.15, 0.2) is 47.4 Å². The van der Waals surface area contributed by atoms with Gasteiger partial charge in [0.1, 0.15) is 0 Å². The molecule has 1 amide bonds. The lowest BCUT2D eigenvalue weighted by Gasteiger charge is -2.38. The minimum Gasteiger partial charge on any atom is -0.340 e. The predicted molar refractivity (Wildman–Crippen MR) is 140 cm³/mol. The largest absolute Gasteiger partial charge is 0.340 e. The van der Waals surface area contributed by atoms with Crippen molar-refractivity contribution in [1.82, 2.24) is 13.5 Å². The number of amides is 1. The van der Waals surface area contributed by atoms with Gasteiger partial charge in [0.15, 0.2) is 0 Å². The number of piperidine rings is 1. The Morgan fingerprint density at radius 1 is 0.861 bits per heavy atom. The Balaban J connectivity index is 1.30. The van der Waals surface area contributed by atoms with Crippen molar-refractivity contribution in [2.45, 2.75) is 30.4 Å². The van der Waals surface area contributed by atoms with Gasteiger partial charge in [-0.25, -0.2) is 21.1 Å². The maximum atomic E-state index is 13.1. The van der Waals surface area contributed by atoms with Crippen molar-refractivity contribution in [2.75, 3.05) is 39.3 Å². The van der Waals surface area contributed by atoms with Crippen LogP contribution in [0.2, 0.25) is 10.0 Å². The van der Waals surface area contributed by atoms with Crippen molar-refractivity contribution in [3.8, 4) is 0 Å². The molecular weight excluding hydrogens is 545 g/mol. The average molecular weight is 575 g/mol. The van der Waals surface area contributed by atoms with E-state index in [1.807, 2.05) is 6.92 Å². The van der Waals surface area contributed by atoms with E-state index in [-0.39, 0.29) is 48.7 Å². The molecule has 0 saturated carbocycles. The van der Waals surface area contributed by atoms with Crippen molar-refractivity contribution < 1.29 is 21.6 Å². The van der Waals surface area contributed by atoms with Gasteiger partial charge in [-0.2, -0.15) is 4.31 Å². The maximum Gasteiger partial charge on any atom is 0.243 e. The molecule has 2 aromatic rings. The van der Waals surface area contributed by atoms with Crippen LogP contribution in [0.4, 0.5) is 0 Å². The molecule has 0 aromatic heterocycles. The van der Waals surface area contributed by atoms with Gasteiger partial charge in [0.2, 0.25) is 26.0 Å². The molecule has 2 saturated heterocycles. The third kappa shape index (κ3) is 6.06. The van der Waals surface area contributed by atoms with Crippen LogP contribution in [0.5, 0.6) is 0 Å². The van der Waals surface area contributed by atoms with E-state index in [2.05, 4.69) is 0 Å². The van der Waals surface area contributed by atoms with Gasteiger partial charge < -0.3 is 4.90 Å². The van der Waals surface area contributed by atoms with Crippen LogP contribution in [0.25, 0.3) is 0 Å². The molecule has 2 heterocycles. The molecule has 0 spiro atoms. The Morgan fingerprint density at radius 3 is 2.06 bits per heavy atom. The fourth-order valence-electron chi connectivity index (χ4n) is 4.57. The molecule has 0 N–H and O–H groups in total. The summed E-state index contributed by atoms with van der Waals surface area (Å²) in [6.07, 6.45) is 0.850. The number of carbonyl (C=O) groups is 1. The third-order valence-corrected chi connectivity index (χ3v) is 11.1. The number of hydrogen-bond acceptors (Lipinski definition) is 5. The van der Waals surface area contributed by atoms with E-state index in [1.165, 1.54) is 14.7 Å². The minimum absolute atomic E-state index is 0.0415. The van der Waals surface area contributed by atoms with Crippen molar-refractivity contribution >= 4 is 49.2 Å². The Bertz CT molecular complexity index is 1320. The molecule has 0 atom stereocenters. The van der Waals surface area contributed by atoms with Crippen LogP contribution in [-0.4, -0.2) is 75.5 Å². The van der Waals surface area contributed by atoms with Crippen LogP contribution >= 0.6 is 23.2 Å². The zero-order valence-corrected chi connectivity index (χ0v) is 23.1. The number of rotatable bonds is 6. The van der Waals surface area contributed by atoms with Crippen LogP contribution in [0.1, 0.15) is 24.0 Å². The highest BCUT2D eigenvalue weighted by atomic mass is 35.5. The summed E-state index contributed by atoms with van der Waals surface area (Å²) in [6, 6.07) is 11.5. The van der Waals surface area contributed by atoms with E-state index in [4.69, 9.17) is 23.2 Å². The van der Waals surface area contributed by atoms with E-state index in [0.29, 0.717) is 41.5 Å². The molecule has 36 heavy (non-hydrogen) atoms. The third-order valence-electron chi connectivity index (χ3n) is 6.76. The van der Waals surface area contributed by atoms with Crippen molar-refractivity contribution in [2.24, 2.45) is 5.92 Å². The highest BCUT2D eigenvalue weighted by molar-refractivity contribution is 7.89. The van der Waals surface area contributed by atoms with Gasteiger partial charge in [0.25, 0.3) is 0 Å². The molecule has 196 valence electrons. The van der Waals surface area contributed by atoms with Crippen LogP contribution in [0, 0.1) is 12.8 Å². The first-order valence-electron chi connectivity index (χ1n) is 11.7. The van der Waals surface area contributed by atoms with E-state index in [0.717, 1.165) is 5.56 Å². The monoisotopic (exact) mass is 573 g/mol. The Morgan fingerprint density at radius 2 is 1.47 bits per heavy atom. The van der Waals surface area contributed by atoms with E-state index in [9.17, 15) is 21.6 Å². The number of sulfonamides is 2. The molecule has 0 bridgehead atoms. The average Bonchev–Trinajstić information content (AvgIpc) is 2.86. The molecule has 2 aliphatic heterocycles. The molecular formula is C24H29Cl2N3O5S2. The predicted octanol–water partition coefficient (Wildman–Crippen LogP) is 3.38. The number of aryl methyl sites for hydroxylation is 1. The molecule has 0 radical (unpaired) electrons. The Labute approximate surface area is 222 Å².